The Balaban J connectivity index is 1.76. The number of aryl methyl sites for hydroxylation is 2. The van der Waals surface area contributed by atoms with Gasteiger partial charge in [-0.15, -0.1) is 0 Å². The van der Waals surface area contributed by atoms with Crippen molar-refractivity contribution in [3.8, 4) is 0 Å². The van der Waals surface area contributed by atoms with E-state index in [2.05, 4.69) is 40.4 Å². The molecule has 3 aromatic rings. The fourth-order valence-electron chi connectivity index (χ4n) is 2.73. The van der Waals surface area contributed by atoms with Crippen molar-refractivity contribution in [3.05, 3.63) is 82.5 Å². The standard InChI is InChI=1S/C20H21ClN4/c1-14(16-7-3-2-4-8-16)24-19-17(13-23-20(22)25-19)11-10-15-6-5-9-18(21)12-15/h2-9,12-14H,10-11H2,1H3,(H3,22,23,24,25). The molecule has 0 saturated heterocycles. The summed E-state index contributed by atoms with van der Waals surface area (Å²) in [5, 5.41) is 4.21. The molecule has 1 atom stereocenters. The third-order valence-electron chi connectivity index (χ3n) is 4.11. The number of nitrogens with one attached hydrogen (secondary N) is 1. The number of hydrogen-bond donors (Lipinski definition) is 2. The van der Waals surface area contributed by atoms with Crippen LogP contribution in [-0.2, 0) is 12.8 Å². The first kappa shape index (κ1) is 17.2. The van der Waals surface area contributed by atoms with Crippen LogP contribution in [0, 0.1) is 0 Å². The van der Waals surface area contributed by atoms with E-state index >= 15 is 0 Å². The summed E-state index contributed by atoms with van der Waals surface area (Å²) < 4.78 is 0. The average molecular weight is 353 g/mol. The lowest BCUT2D eigenvalue weighted by atomic mass is 10.0. The molecule has 3 rings (SSSR count). The predicted octanol–water partition coefficient (Wildman–Crippen LogP) is 4.67. The number of hydrogen-bond acceptors (Lipinski definition) is 4. The molecule has 0 saturated carbocycles. The number of benzene rings is 2. The van der Waals surface area contributed by atoms with Gasteiger partial charge in [-0.3, -0.25) is 0 Å². The lowest BCUT2D eigenvalue weighted by Crippen LogP contribution is -2.12. The number of rotatable bonds is 6. The molecule has 3 N–H and O–H groups in total. The average Bonchev–Trinajstić information content (AvgIpc) is 2.62. The highest BCUT2D eigenvalue weighted by Gasteiger charge is 2.11. The first-order valence-electron chi connectivity index (χ1n) is 8.29. The summed E-state index contributed by atoms with van der Waals surface area (Å²) in [5.74, 6) is 1.06. The Labute approximate surface area is 153 Å². The normalized spacial score (nSPS) is 11.9. The maximum absolute atomic E-state index is 6.06. The summed E-state index contributed by atoms with van der Waals surface area (Å²) in [6.07, 6.45) is 3.47. The number of aromatic nitrogens is 2. The zero-order chi connectivity index (χ0) is 17.6. The van der Waals surface area contributed by atoms with Gasteiger partial charge >= 0.3 is 0 Å². The molecule has 0 aliphatic carbocycles. The molecule has 0 aliphatic rings. The topological polar surface area (TPSA) is 63.8 Å². The molecule has 25 heavy (non-hydrogen) atoms. The van der Waals surface area contributed by atoms with Crippen LogP contribution in [0.2, 0.25) is 5.02 Å². The summed E-state index contributed by atoms with van der Waals surface area (Å²) in [4.78, 5) is 8.55. The largest absolute Gasteiger partial charge is 0.368 e. The minimum absolute atomic E-state index is 0.125. The molecule has 1 heterocycles. The van der Waals surface area contributed by atoms with Crippen molar-refractivity contribution in [2.45, 2.75) is 25.8 Å². The summed E-state index contributed by atoms with van der Waals surface area (Å²) in [7, 11) is 0. The van der Waals surface area contributed by atoms with E-state index in [0.29, 0.717) is 0 Å². The van der Waals surface area contributed by atoms with Gasteiger partial charge in [-0.1, -0.05) is 54.1 Å². The summed E-state index contributed by atoms with van der Waals surface area (Å²) in [6, 6.07) is 18.3. The fourth-order valence-corrected chi connectivity index (χ4v) is 2.94. The lowest BCUT2D eigenvalue weighted by molar-refractivity contribution is 0.855. The minimum atomic E-state index is 0.125. The molecule has 0 amide bonds. The number of halogens is 1. The molecule has 0 fully saturated rings. The van der Waals surface area contributed by atoms with Gasteiger partial charge < -0.3 is 11.1 Å². The van der Waals surface area contributed by atoms with Gasteiger partial charge in [0, 0.05) is 22.8 Å². The molecule has 1 unspecified atom stereocenters. The Morgan fingerprint density at radius 2 is 1.88 bits per heavy atom. The summed E-state index contributed by atoms with van der Waals surface area (Å²) >= 11 is 6.06. The molecule has 4 nitrogen and oxygen atoms in total. The number of nitrogens with two attached hydrogens (primary N) is 1. The fraction of sp³-hybridized carbons (Fsp3) is 0.200. The number of anilines is 2. The second-order valence-electron chi connectivity index (χ2n) is 6.01. The van der Waals surface area contributed by atoms with Gasteiger partial charge in [0.05, 0.1) is 0 Å². The van der Waals surface area contributed by atoms with E-state index in [-0.39, 0.29) is 12.0 Å². The van der Waals surface area contributed by atoms with Crippen LogP contribution in [0.1, 0.15) is 29.7 Å². The van der Waals surface area contributed by atoms with Crippen molar-refractivity contribution in [3.63, 3.8) is 0 Å². The van der Waals surface area contributed by atoms with Crippen LogP contribution in [0.15, 0.2) is 60.8 Å². The Morgan fingerprint density at radius 3 is 2.64 bits per heavy atom. The molecule has 0 bridgehead atoms. The van der Waals surface area contributed by atoms with Crippen molar-refractivity contribution < 1.29 is 0 Å². The molecule has 2 aromatic carbocycles. The van der Waals surface area contributed by atoms with Gasteiger partial charge in [0.2, 0.25) is 5.95 Å². The first-order valence-corrected chi connectivity index (χ1v) is 8.67. The molecule has 0 aliphatic heterocycles. The van der Waals surface area contributed by atoms with E-state index in [4.69, 9.17) is 17.3 Å². The van der Waals surface area contributed by atoms with Crippen LogP contribution in [0.5, 0.6) is 0 Å². The van der Waals surface area contributed by atoms with E-state index in [1.54, 1.807) is 6.20 Å². The second-order valence-corrected chi connectivity index (χ2v) is 6.45. The van der Waals surface area contributed by atoms with Crippen LogP contribution < -0.4 is 11.1 Å². The van der Waals surface area contributed by atoms with E-state index < -0.39 is 0 Å². The van der Waals surface area contributed by atoms with Crippen molar-refractivity contribution in [1.82, 2.24) is 9.97 Å². The zero-order valence-electron chi connectivity index (χ0n) is 14.1. The van der Waals surface area contributed by atoms with Crippen LogP contribution in [0.4, 0.5) is 11.8 Å². The highest BCUT2D eigenvalue weighted by molar-refractivity contribution is 6.30. The van der Waals surface area contributed by atoms with Gasteiger partial charge in [-0.05, 0) is 43.0 Å². The molecule has 5 heteroatoms. The highest BCUT2D eigenvalue weighted by Crippen LogP contribution is 2.22. The molecular weight excluding hydrogens is 332 g/mol. The van der Waals surface area contributed by atoms with Crippen molar-refractivity contribution >= 4 is 23.4 Å². The summed E-state index contributed by atoms with van der Waals surface area (Å²) in [5.41, 5.74) is 9.21. The van der Waals surface area contributed by atoms with Crippen molar-refractivity contribution in [2.75, 3.05) is 11.1 Å². The van der Waals surface area contributed by atoms with Crippen LogP contribution in [-0.4, -0.2) is 9.97 Å². The molecule has 0 spiro atoms. The zero-order valence-corrected chi connectivity index (χ0v) is 14.9. The van der Waals surface area contributed by atoms with Crippen molar-refractivity contribution in [1.29, 1.82) is 0 Å². The Bertz CT molecular complexity index is 836. The van der Waals surface area contributed by atoms with Crippen molar-refractivity contribution in [2.24, 2.45) is 0 Å². The predicted molar refractivity (Wildman–Crippen MR) is 104 cm³/mol. The first-order chi connectivity index (χ1) is 12.1. The quantitative estimate of drug-likeness (QED) is 0.676. The molecular formula is C20H21ClN4. The summed E-state index contributed by atoms with van der Waals surface area (Å²) in [6.45, 7) is 2.11. The second kappa shape index (κ2) is 7.99. The van der Waals surface area contributed by atoms with Crippen LogP contribution in [0.3, 0.4) is 0 Å². The monoisotopic (exact) mass is 352 g/mol. The smallest absolute Gasteiger partial charge is 0.221 e. The van der Waals surface area contributed by atoms with Crippen LogP contribution >= 0.6 is 11.6 Å². The third-order valence-corrected chi connectivity index (χ3v) is 4.34. The van der Waals surface area contributed by atoms with E-state index in [1.165, 1.54) is 11.1 Å². The van der Waals surface area contributed by atoms with E-state index in [9.17, 15) is 0 Å². The number of nitrogens with zero attached hydrogens (tertiary/aromatic N) is 2. The maximum atomic E-state index is 6.06. The number of nitrogen functional groups attached to an aromatic ring is 1. The van der Waals surface area contributed by atoms with E-state index in [1.807, 2.05) is 36.4 Å². The van der Waals surface area contributed by atoms with Gasteiger partial charge in [0.1, 0.15) is 5.82 Å². The van der Waals surface area contributed by atoms with Crippen LogP contribution in [0.25, 0.3) is 0 Å². The lowest BCUT2D eigenvalue weighted by Gasteiger charge is -2.17. The molecule has 1 aromatic heterocycles. The Kier molecular flexibility index (Phi) is 5.51. The maximum Gasteiger partial charge on any atom is 0.221 e. The minimum Gasteiger partial charge on any atom is -0.368 e. The third kappa shape index (κ3) is 4.70. The SMILES string of the molecule is CC(Nc1nc(N)ncc1CCc1cccc(Cl)c1)c1ccccc1. The Hall–Kier alpha value is -2.59. The highest BCUT2D eigenvalue weighted by atomic mass is 35.5. The van der Waals surface area contributed by atoms with Gasteiger partial charge in [0.15, 0.2) is 0 Å². The van der Waals surface area contributed by atoms with E-state index in [0.717, 1.165) is 29.2 Å². The van der Waals surface area contributed by atoms with Gasteiger partial charge in [0.25, 0.3) is 0 Å². The van der Waals surface area contributed by atoms with Gasteiger partial charge in [-0.2, -0.15) is 4.98 Å². The Morgan fingerprint density at radius 1 is 1.08 bits per heavy atom. The molecule has 0 radical (unpaired) electrons. The molecule has 128 valence electrons. The van der Waals surface area contributed by atoms with Gasteiger partial charge in [-0.25, -0.2) is 4.98 Å².